The smallest absolute Gasteiger partial charge is 0.321 e. The second-order valence-corrected chi connectivity index (χ2v) is 5.83. The number of nitriles is 1. The zero-order valence-electron chi connectivity index (χ0n) is 13.5. The maximum Gasteiger partial charge on any atom is 0.321 e. The maximum atomic E-state index is 12.4. The van der Waals surface area contributed by atoms with Gasteiger partial charge in [0.2, 0.25) is 0 Å². The number of anilines is 1. The van der Waals surface area contributed by atoms with Crippen molar-refractivity contribution in [3.05, 3.63) is 59.7 Å². The highest BCUT2D eigenvalue weighted by molar-refractivity contribution is 5.89. The molecule has 3 rings (SSSR count). The van der Waals surface area contributed by atoms with Crippen molar-refractivity contribution in [3.63, 3.8) is 0 Å². The van der Waals surface area contributed by atoms with Gasteiger partial charge in [0.05, 0.1) is 18.7 Å². The standard InChI is InChI=1S/C19H19N3O2/c1-24-18-7-5-15(6-8-18)16-9-10-22(13-16)19(23)21-17-4-2-3-14(11-17)12-20/h2-8,11,16H,9-10,13H2,1H3,(H,21,23)/t16-/m0/s1. The van der Waals surface area contributed by atoms with Crippen molar-refractivity contribution in [2.45, 2.75) is 12.3 Å². The minimum Gasteiger partial charge on any atom is -0.497 e. The molecule has 0 aliphatic carbocycles. The lowest BCUT2D eigenvalue weighted by molar-refractivity contribution is 0.222. The Labute approximate surface area is 141 Å². The SMILES string of the molecule is COc1ccc([C@H]2CCN(C(=O)Nc3cccc(C#N)c3)C2)cc1. The van der Waals surface area contributed by atoms with Gasteiger partial charge in [0, 0.05) is 24.7 Å². The van der Waals surface area contributed by atoms with Crippen LogP contribution in [0, 0.1) is 11.3 Å². The minimum atomic E-state index is -0.124. The highest BCUT2D eigenvalue weighted by Crippen LogP contribution is 2.28. The summed E-state index contributed by atoms with van der Waals surface area (Å²) in [6.45, 7) is 1.41. The molecule has 0 aromatic heterocycles. The van der Waals surface area contributed by atoms with E-state index in [0.29, 0.717) is 23.7 Å². The molecule has 1 N–H and O–H groups in total. The van der Waals surface area contributed by atoms with Gasteiger partial charge in [-0.15, -0.1) is 0 Å². The molecule has 1 saturated heterocycles. The van der Waals surface area contributed by atoms with Gasteiger partial charge in [0.25, 0.3) is 0 Å². The Kier molecular flexibility index (Phi) is 4.66. The third-order valence-corrected chi connectivity index (χ3v) is 4.31. The van der Waals surface area contributed by atoms with Crippen molar-refractivity contribution < 1.29 is 9.53 Å². The predicted molar refractivity (Wildman–Crippen MR) is 92.1 cm³/mol. The fourth-order valence-corrected chi connectivity index (χ4v) is 2.96. The van der Waals surface area contributed by atoms with Crippen molar-refractivity contribution in [2.75, 3.05) is 25.5 Å². The zero-order valence-corrected chi connectivity index (χ0v) is 13.5. The Morgan fingerprint density at radius 1 is 1.29 bits per heavy atom. The Balaban J connectivity index is 1.62. The number of carbonyl (C=O) groups is 1. The van der Waals surface area contributed by atoms with E-state index in [9.17, 15) is 4.79 Å². The van der Waals surface area contributed by atoms with Gasteiger partial charge in [-0.25, -0.2) is 4.79 Å². The minimum absolute atomic E-state index is 0.124. The quantitative estimate of drug-likeness (QED) is 0.939. The van der Waals surface area contributed by atoms with Gasteiger partial charge < -0.3 is 15.0 Å². The van der Waals surface area contributed by atoms with Crippen LogP contribution in [0.1, 0.15) is 23.5 Å². The van der Waals surface area contributed by atoms with Crippen molar-refractivity contribution in [1.82, 2.24) is 4.90 Å². The van der Waals surface area contributed by atoms with E-state index in [1.54, 1.807) is 31.4 Å². The average molecular weight is 321 g/mol. The number of amides is 2. The largest absolute Gasteiger partial charge is 0.497 e. The summed E-state index contributed by atoms with van der Waals surface area (Å²) < 4.78 is 5.18. The summed E-state index contributed by atoms with van der Waals surface area (Å²) >= 11 is 0. The lowest BCUT2D eigenvalue weighted by atomic mass is 9.98. The molecule has 0 spiro atoms. The second-order valence-electron chi connectivity index (χ2n) is 5.83. The van der Waals surface area contributed by atoms with E-state index in [1.807, 2.05) is 17.0 Å². The lowest BCUT2D eigenvalue weighted by Crippen LogP contribution is -2.32. The number of benzene rings is 2. The summed E-state index contributed by atoms with van der Waals surface area (Å²) in [4.78, 5) is 14.2. The molecule has 0 radical (unpaired) electrons. The number of hydrogen-bond acceptors (Lipinski definition) is 3. The molecule has 1 fully saturated rings. The van der Waals surface area contributed by atoms with Crippen LogP contribution in [0.15, 0.2) is 48.5 Å². The second kappa shape index (κ2) is 7.05. The molecule has 0 unspecified atom stereocenters. The third kappa shape index (κ3) is 3.49. The molecule has 2 aromatic rings. The molecule has 0 bridgehead atoms. The van der Waals surface area contributed by atoms with E-state index in [1.165, 1.54) is 5.56 Å². The van der Waals surface area contributed by atoms with Crippen molar-refractivity contribution >= 4 is 11.7 Å². The topological polar surface area (TPSA) is 65.4 Å². The fourth-order valence-electron chi connectivity index (χ4n) is 2.96. The van der Waals surface area contributed by atoms with E-state index < -0.39 is 0 Å². The third-order valence-electron chi connectivity index (χ3n) is 4.31. The highest BCUT2D eigenvalue weighted by Gasteiger charge is 2.27. The first kappa shape index (κ1) is 15.9. The molecular formula is C19H19N3O2. The Morgan fingerprint density at radius 2 is 2.08 bits per heavy atom. The number of ether oxygens (including phenoxy) is 1. The number of rotatable bonds is 3. The Bertz CT molecular complexity index is 765. The molecular weight excluding hydrogens is 302 g/mol. The zero-order chi connectivity index (χ0) is 16.9. The van der Waals surface area contributed by atoms with Crippen LogP contribution in [0.5, 0.6) is 5.75 Å². The molecule has 1 aliphatic heterocycles. The van der Waals surface area contributed by atoms with E-state index in [4.69, 9.17) is 10.00 Å². The van der Waals surface area contributed by atoms with Gasteiger partial charge in [-0.05, 0) is 42.3 Å². The summed E-state index contributed by atoms with van der Waals surface area (Å²) in [6.07, 6.45) is 0.942. The molecule has 0 saturated carbocycles. The van der Waals surface area contributed by atoms with Gasteiger partial charge in [0.15, 0.2) is 0 Å². The van der Waals surface area contributed by atoms with Crippen LogP contribution >= 0.6 is 0 Å². The summed E-state index contributed by atoms with van der Waals surface area (Å²) in [5.74, 6) is 1.18. The number of carbonyl (C=O) groups excluding carboxylic acids is 1. The average Bonchev–Trinajstić information content (AvgIpc) is 3.12. The van der Waals surface area contributed by atoms with E-state index in [2.05, 4.69) is 23.5 Å². The molecule has 2 amide bonds. The summed E-state index contributed by atoms with van der Waals surface area (Å²) in [5.41, 5.74) is 2.40. The van der Waals surface area contributed by atoms with Crippen LogP contribution in [0.3, 0.4) is 0 Å². The summed E-state index contributed by atoms with van der Waals surface area (Å²) in [5, 5.41) is 11.8. The molecule has 1 atom stereocenters. The molecule has 2 aromatic carbocycles. The molecule has 24 heavy (non-hydrogen) atoms. The highest BCUT2D eigenvalue weighted by atomic mass is 16.5. The van der Waals surface area contributed by atoms with Gasteiger partial charge in [-0.3, -0.25) is 0 Å². The molecule has 5 heteroatoms. The first-order valence-electron chi connectivity index (χ1n) is 7.89. The van der Waals surface area contributed by atoms with Gasteiger partial charge >= 0.3 is 6.03 Å². The van der Waals surface area contributed by atoms with Gasteiger partial charge in [0.1, 0.15) is 5.75 Å². The van der Waals surface area contributed by atoms with Crippen molar-refractivity contribution in [1.29, 1.82) is 5.26 Å². The van der Waals surface area contributed by atoms with Gasteiger partial charge in [-0.2, -0.15) is 5.26 Å². The van der Waals surface area contributed by atoms with Crippen LogP contribution in [-0.4, -0.2) is 31.1 Å². The first-order chi connectivity index (χ1) is 11.7. The summed E-state index contributed by atoms with van der Waals surface area (Å²) in [7, 11) is 1.65. The van der Waals surface area contributed by atoms with E-state index in [-0.39, 0.29) is 6.03 Å². The molecule has 5 nitrogen and oxygen atoms in total. The molecule has 122 valence electrons. The summed E-state index contributed by atoms with van der Waals surface area (Å²) in [6, 6.07) is 16.9. The van der Waals surface area contributed by atoms with Crippen LogP contribution in [0.4, 0.5) is 10.5 Å². The Morgan fingerprint density at radius 3 is 2.79 bits per heavy atom. The first-order valence-corrected chi connectivity index (χ1v) is 7.89. The monoisotopic (exact) mass is 321 g/mol. The van der Waals surface area contributed by atoms with Gasteiger partial charge in [-0.1, -0.05) is 18.2 Å². The molecule has 1 heterocycles. The lowest BCUT2D eigenvalue weighted by Gasteiger charge is -2.18. The van der Waals surface area contributed by atoms with Crippen LogP contribution in [0.2, 0.25) is 0 Å². The van der Waals surface area contributed by atoms with E-state index >= 15 is 0 Å². The Hall–Kier alpha value is -3.00. The number of likely N-dealkylation sites (tertiary alicyclic amines) is 1. The number of nitrogens with one attached hydrogen (secondary N) is 1. The molecule has 1 aliphatic rings. The number of methoxy groups -OCH3 is 1. The van der Waals surface area contributed by atoms with Crippen LogP contribution < -0.4 is 10.1 Å². The fraction of sp³-hybridized carbons (Fsp3) is 0.263. The van der Waals surface area contributed by atoms with Crippen LogP contribution in [0.25, 0.3) is 0 Å². The van der Waals surface area contributed by atoms with Crippen molar-refractivity contribution in [3.8, 4) is 11.8 Å². The van der Waals surface area contributed by atoms with Crippen LogP contribution in [-0.2, 0) is 0 Å². The number of hydrogen-bond donors (Lipinski definition) is 1. The maximum absolute atomic E-state index is 12.4. The number of urea groups is 1. The predicted octanol–water partition coefficient (Wildman–Crippen LogP) is 3.59. The van der Waals surface area contributed by atoms with Crippen molar-refractivity contribution in [2.24, 2.45) is 0 Å². The normalized spacial score (nSPS) is 16.5. The number of nitrogens with zero attached hydrogens (tertiary/aromatic N) is 2. The van der Waals surface area contributed by atoms with E-state index in [0.717, 1.165) is 18.7 Å².